The number of rotatable bonds is 7. The Balaban J connectivity index is 2.03. The van der Waals surface area contributed by atoms with Gasteiger partial charge in [-0.2, -0.15) is 0 Å². The summed E-state index contributed by atoms with van der Waals surface area (Å²) in [4.78, 5) is 0. The Morgan fingerprint density at radius 3 is 2.24 bits per heavy atom. The number of phenols is 1. The molecule has 0 aliphatic carbocycles. The molecule has 3 N–H and O–H groups in total. The van der Waals surface area contributed by atoms with Gasteiger partial charge in [0.15, 0.2) is 0 Å². The lowest BCUT2D eigenvalue weighted by Gasteiger charge is -2.24. The van der Waals surface area contributed by atoms with Crippen molar-refractivity contribution in [3.05, 3.63) is 65.7 Å². The van der Waals surface area contributed by atoms with E-state index >= 15 is 0 Å². The SMILES string of the molecule is CCC(N[C@H](CO)Cc1ccccc1)c1ccc(O)cc1. The van der Waals surface area contributed by atoms with Crippen LogP contribution in [0.1, 0.15) is 30.5 Å². The van der Waals surface area contributed by atoms with Crippen LogP contribution in [-0.4, -0.2) is 22.9 Å². The molecule has 0 heterocycles. The fourth-order valence-electron chi connectivity index (χ4n) is 2.52. The Labute approximate surface area is 126 Å². The van der Waals surface area contributed by atoms with Gasteiger partial charge in [0, 0.05) is 12.1 Å². The molecule has 0 amide bonds. The van der Waals surface area contributed by atoms with Gasteiger partial charge in [-0.15, -0.1) is 0 Å². The van der Waals surface area contributed by atoms with E-state index in [4.69, 9.17) is 0 Å². The first-order chi connectivity index (χ1) is 10.2. The van der Waals surface area contributed by atoms with Gasteiger partial charge in [-0.05, 0) is 36.1 Å². The van der Waals surface area contributed by atoms with Crippen molar-refractivity contribution in [2.75, 3.05) is 6.61 Å². The predicted molar refractivity (Wildman–Crippen MR) is 85.3 cm³/mol. The van der Waals surface area contributed by atoms with Crippen molar-refractivity contribution in [2.24, 2.45) is 0 Å². The molecule has 2 aromatic carbocycles. The van der Waals surface area contributed by atoms with Crippen molar-refractivity contribution in [2.45, 2.75) is 31.8 Å². The standard InChI is InChI=1S/C18H23NO2/c1-2-18(15-8-10-17(21)11-9-15)19-16(13-20)12-14-6-4-3-5-7-14/h3-11,16,18-21H,2,12-13H2,1H3/t16-,18?/m0/s1. The van der Waals surface area contributed by atoms with Crippen LogP contribution in [0.3, 0.4) is 0 Å². The highest BCUT2D eigenvalue weighted by Gasteiger charge is 2.15. The molecule has 2 rings (SSSR count). The number of benzene rings is 2. The first kappa shape index (κ1) is 15.5. The number of phenolic OH excluding ortho intramolecular Hbond substituents is 1. The zero-order valence-corrected chi connectivity index (χ0v) is 12.4. The van der Waals surface area contributed by atoms with Gasteiger partial charge in [-0.25, -0.2) is 0 Å². The maximum atomic E-state index is 9.62. The fourth-order valence-corrected chi connectivity index (χ4v) is 2.52. The molecule has 0 bridgehead atoms. The molecule has 0 fully saturated rings. The molecule has 2 aromatic rings. The Kier molecular flexibility index (Phi) is 5.78. The van der Waals surface area contributed by atoms with Crippen LogP contribution in [0.15, 0.2) is 54.6 Å². The van der Waals surface area contributed by atoms with E-state index in [0.29, 0.717) is 0 Å². The highest BCUT2D eigenvalue weighted by atomic mass is 16.3. The van der Waals surface area contributed by atoms with E-state index < -0.39 is 0 Å². The summed E-state index contributed by atoms with van der Waals surface area (Å²) >= 11 is 0. The molecule has 0 aliphatic rings. The minimum absolute atomic E-state index is 0.0196. The summed E-state index contributed by atoms with van der Waals surface area (Å²) in [5.74, 6) is 0.275. The lowest BCUT2D eigenvalue weighted by Crippen LogP contribution is -2.37. The summed E-state index contributed by atoms with van der Waals surface area (Å²) in [5.41, 5.74) is 2.34. The molecule has 0 aromatic heterocycles. The molecule has 0 aliphatic heterocycles. The molecule has 0 spiro atoms. The zero-order valence-electron chi connectivity index (χ0n) is 12.4. The number of hydrogen-bond acceptors (Lipinski definition) is 3. The molecule has 0 saturated heterocycles. The fraction of sp³-hybridized carbons (Fsp3) is 0.333. The van der Waals surface area contributed by atoms with Gasteiger partial charge in [0.1, 0.15) is 5.75 Å². The van der Waals surface area contributed by atoms with Crippen LogP contribution in [0.25, 0.3) is 0 Å². The highest BCUT2D eigenvalue weighted by molar-refractivity contribution is 5.28. The minimum atomic E-state index is 0.0196. The van der Waals surface area contributed by atoms with Crippen molar-refractivity contribution in [3.8, 4) is 5.75 Å². The Morgan fingerprint density at radius 2 is 1.67 bits per heavy atom. The van der Waals surface area contributed by atoms with Crippen LogP contribution in [-0.2, 0) is 6.42 Å². The average Bonchev–Trinajstić information content (AvgIpc) is 2.53. The van der Waals surface area contributed by atoms with E-state index in [-0.39, 0.29) is 24.4 Å². The highest BCUT2D eigenvalue weighted by Crippen LogP contribution is 2.20. The molecule has 2 atom stereocenters. The van der Waals surface area contributed by atoms with Crippen LogP contribution in [0.2, 0.25) is 0 Å². The van der Waals surface area contributed by atoms with Crippen molar-refractivity contribution < 1.29 is 10.2 Å². The van der Waals surface area contributed by atoms with Gasteiger partial charge in [-0.3, -0.25) is 0 Å². The zero-order chi connectivity index (χ0) is 15.1. The lowest BCUT2D eigenvalue weighted by molar-refractivity contribution is 0.229. The van der Waals surface area contributed by atoms with Gasteiger partial charge < -0.3 is 15.5 Å². The molecular formula is C18H23NO2. The molecular weight excluding hydrogens is 262 g/mol. The number of aliphatic hydroxyl groups excluding tert-OH is 1. The predicted octanol–water partition coefficient (Wildman–Crippen LogP) is 3.04. The maximum Gasteiger partial charge on any atom is 0.115 e. The Morgan fingerprint density at radius 1 is 1.00 bits per heavy atom. The number of nitrogens with one attached hydrogen (secondary N) is 1. The summed E-state index contributed by atoms with van der Waals surface area (Å²) in [6.45, 7) is 2.21. The van der Waals surface area contributed by atoms with E-state index in [0.717, 1.165) is 18.4 Å². The van der Waals surface area contributed by atoms with E-state index in [9.17, 15) is 10.2 Å². The van der Waals surface area contributed by atoms with Crippen LogP contribution in [0.4, 0.5) is 0 Å². The van der Waals surface area contributed by atoms with Gasteiger partial charge >= 0.3 is 0 Å². The largest absolute Gasteiger partial charge is 0.508 e. The van der Waals surface area contributed by atoms with Crippen LogP contribution in [0, 0.1) is 0 Å². The summed E-state index contributed by atoms with van der Waals surface area (Å²) in [5, 5.41) is 22.5. The van der Waals surface area contributed by atoms with Gasteiger partial charge in [0.2, 0.25) is 0 Å². The van der Waals surface area contributed by atoms with Crippen LogP contribution < -0.4 is 5.32 Å². The molecule has 0 saturated carbocycles. The summed E-state index contributed by atoms with van der Waals surface area (Å²) in [7, 11) is 0. The first-order valence-electron chi connectivity index (χ1n) is 7.42. The van der Waals surface area contributed by atoms with E-state index in [1.54, 1.807) is 12.1 Å². The minimum Gasteiger partial charge on any atom is -0.508 e. The van der Waals surface area contributed by atoms with Crippen LogP contribution in [0.5, 0.6) is 5.75 Å². The molecule has 3 nitrogen and oxygen atoms in total. The summed E-state index contributed by atoms with van der Waals surface area (Å²) < 4.78 is 0. The second-order valence-corrected chi connectivity index (χ2v) is 5.29. The molecule has 3 heteroatoms. The third-order valence-electron chi connectivity index (χ3n) is 3.69. The maximum absolute atomic E-state index is 9.62. The average molecular weight is 285 g/mol. The summed E-state index contributed by atoms with van der Waals surface area (Å²) in [6, 6.07) is 17.6. The van der Waals surface area contributed by atoms with Crippen molar-refractivity contribution in [1.82, 2.24) is 5.32 Å². The van der Waals surface area contributed by atoms with E-state index in [2.05, 4.69) is 24.4 Å². The molecule has 112 valence electrons. The summed E-state index contributed by atoms with van der Waals surface area (Å²) in [6.07, 6.45) is 1.72. The van der Waals surface area contributed by atoms with Gasteiger partial charge in [0.25, 0.3) is 0 Å². The van der Waals surface area contributed by atoms with Crippen LogP contribution >= 0.6 is 0 Å². The number of hydrogen-bond donors (Lipinski definition) is 3. The molecule has 0 radical (unpaired) electrons. The van der Waals surface area contributed by atoms with Crippen molar-refractivity contribution >= 4 is 0 Å². The second-order valence-electron chi connectivity index (χ2n) is 5.29. The Hall–Kier alpha value is -1.84. The van der Waals surface area contributed by atoms with E-state index in [1.807, 2.05) is 30.3 Å². The topological polar surface area (TPSA) is 52.5 Å². The number of aromatic hydroxyl groups is 1. The molecule has 1 unspecified atom stereocenters. The smallest absolute Gasteiger partial charge is 0.115 e. The van der Waals surface area contributed by atoms with Gasteiger partial charge in [-0.1, -0.05) is 49.4 Å². The first-order valence-corrected chi connectivity index (χ1v) is 7.42. The normalized spacial score (nSPS) is 13.8. The second kappa shape index (κ2) is 7.81. The quantitative estimate of drug-likeness (QED) is 0.733. The van der Waals surface area contributed by atoms with Gasteiger partial charge in [0.05, 0.1) is 6.61 Å². The third kappa shape index (κ3) is 4.59. The third-order valence-corrected chi connectivity index (χ3v) is 3.69. The van der Waals surface area contributed by atoms with Crippen molar-refractivity contribution in [1.29, 1.82) is 0 Å². The monoisotopic (exact) mass is 285 g/mol. The Bertz CT molecular complexity index is 525. The van der Waals surface area contributed by atoms with Crippen molar-refractivity contribution in [3.63, 3.8) is 0 Å². The van der Waals surface area contributed by atoms with E-state index in [1.165, 1.54) is 5.56 Å². The molecule has 21 heavy (non-hydrogen) atoms. The lowest BCUT2D eigenvalue weighted by atomic mass is 10.0. The number of aliphatic hydroxyl groups is 1.